The summed E-state index contributed by atoms with van der Waals surface area (Å²) >= 11 is 0. The number of carbonyl (C=O) groups is 1. The molecule has 1 saturated heterocycles. The van der Waals surface area contributed by atoms with E-state index in [9.17, 15) is 4.79 Å². The Labute approximate surface area is 118 Å². The third-order valence-corrected chi connectivity index (χ3v) is 3.36. The highest BCUT2D eigenvalue weighted by Gasteiger charge is 2.36. The van der Waals surface area contributed by atoms with Crippen molar-refractivity contribution in [3.05, 3.63) is 84.1 Å². The third-order valence-electron chi connectivity index (χ3n) is 3.36. The quantitative estimate of drug-likeness (QED) is 0.630. The van der Waals surface area contributed by atoms with Crippen LogP contribution in [0.1, 0.15) is 17.4 Å². The van der Waals surface area contributed by atoms with Crippen LogP contribution in [-0.4, -0.2) is 10.9 Å². The van der Waals surface area contributed by atoms with Crippen LogP contribution in [0.2, 0.25) is 0 Å². The van der Waals surface area contributed by atoms with Gasteiger partial charge in [0.1, 0.15) is 5.70 Å². The Morgan fingerprint density at radius 1 is 1.00 bits per heavy atom. The number of ether oxygens (including phenoxy) is 1. The van der Waals surface area contributed by atoms with Crippen LogP contribution >= 0.6 is 0 Å². The average molecular weight is 265 g/mol. The van der Waals surface area contributed by atoms with Gasteiger partial charge in [-0.25, -0.2) is 4.79 Å². The van der Waals surface area contributed by atoms with Gasteiger partial charge in [-0.1, -0.05) is 67.2 Å². The van der Waals surface area contributed by atoms with Gasteiger partial charge < -0.3 is 9.64 Å². The summed E-state index contributed by atoms with van der Waals surface area (Å²) in [5.41, 5.74) is 2.48. The Bertz CT molecular complexity index is 622. The summed E-state index contributed by atoms with van der Waals surface area (Å²) in [6, 6.07) is 19.7. The van der Waals surface area contributed by atoms with E-state index in [1.807, 2.05) is 65.6 Å². The maximum absolute atomic E-state index is 11.8. The molecule has 100 valence electrons. The Kier molecular flexibility index (Phi) is 3.25. The third kappa shape index (κ3) is 2.30. The number of rotatable bonds is 3. The molecule has 3 nitrogen and oxygen atoms in total. The van der Waals surface area contributed by atoms with Crippen molar-refractivity contribution in [3.8, 4) is 0 Å². The van der Waals surface area contributed by atoms with E-state index in [2.05, 4.69) is 6.58 Å². The summed E-state index contributed by atoms with van der Waals surface area (Å²) in [7, 11) is 0. The van der Waals surface area contributed by atoms with E-state index in [1.54, 1.807) is 0 Å². The van der Waals surface area contributed by atoms with Crippen LogP contribution in [0, 0.1) is 0 Å². The molecule has 1 fully saturated rings. The van der Waals surface area contributed by atoms with E-state index >= 15 is 0 Å². The van der Waals surface area contributed by atoms with Crippen molar-refractivity contribution in [3.63, 3.8) is 0 Å². The minimum atomic E-state index is -0.392. The molecule has 3 rings (SSSR count). The number of hydrogen-bond donors (Lipinski definition) is 0. The summed E-state index contributed by atoms with van der Waals surface area (Å²) in [6.45, 7) is 4.44. The molecule has 1 atom stereocenters. The van der Waals surface area contributed by atoms with Gasteiger partial charge in [0.25, 0.3) is 0 Å². The number of esters is 1. The smallest absolute Gasteiger partial charge is 0.356 e. The molecule has 2 aromatic carbocycles. The average Bonchev–Trinajstić information content (AvgIpc) is 2.78. The maximum atomic E-state index is 11.8. The Hall–Kier alpha value is -2.55. The molecule has 1 heterocycles. The van der Waals surface area contributed by atoms with Crippen molar-refractivity contribution in [2.24, 2.45) is 0 Å². The molecule has 0 amide bonds. The molecule has 0 radical (unpaired) electrons. The van der Waals surface area contributed by atoms with Gasteiger partial charge >= 0.3 is 5.97 Å². The molecule has 0 unspecified atom stereocenters. The predicted octanol–water partition coefficient (Wildman–Crippen LogP) is 3.26. The van der Waals surface area contributed by atoms with Crippen molar-refractivity contribution in [1.82, 2.24) is 4.90 Å². The van der Waals surface area contributed by atoms with E-state index in [-0.39, 0.29) is 5.97 Å². The molecular weight excluding hydrogens is 250 g/mol. The molecule has 1 aliphatic heterocycles. The molecule has 20 heavy (non-hydrogen) atoms. The molecule has 3 heteroatoms. The van der Waals surface area contributed by atoms with Gasteiger partial charge in [-0.2, -0.15) is 0 Å². The summed E-state index contributed by atoms with van der Waals surface area (Å²) in [4.78, 5) is 13.7. The van der Waals surface area contributed by atoms with Gasteiger partial charge in [0.05, 0.1) is 0 Å². The van der Waals surface area contributed by atoms with Crippen LogP contribution in [-0.2, 0) is 16.1 Å². The predicted molar refractivity (Wildman–Crippen MR) is 76.4 cm³/mol. The SMILES string of the molecule is C=C1C(=O)O[C@H](c2ccccc2)N1Cc1ccccc1. The second-order valence-electron chi connectivity index (χ2n) is 4.73. The van der Waals surface area contributed by atoms with Gasteiger partial charge in [-0.05, 0) is 5.56 Å². The van der Waals surface area contributed by atoms with Crippen LogP contribution in [0.15, 0.2) is 72.9 Å². The van der Waals surface area contributed by atoms with Gasteiger partial charge in [-0.3, -0.25) is 0 Å². The zero-order chi connectivity index (χ0) is 13.9. The second-order valence-corrected chi connectivity index (χ2v) is 4.73. The number of hydrogen-bond acceptors (Lipinski definition) is 3. The highest BCUT2D eigenvalue weighted by atomic mass is 16.6. The van der Waals surface area contributed by atoms with Crippen LogP contribution in [0.3, 0.4) is 0 Å². The summed E-state index contributed by atoms with van der Waals surface area (Å²) in [5, 5.41) is 0. The van der Waals surface area contributed by atoms with Gasteiger partial charge in [0.2, 0.25) is 6.23 Å². The monoisotopic (exact) mass is 265 g/mol. The van der Waals surface area contributed by atoms with Crippen molar-refractivity contribution >= 4 is 5.97 Å². The minimum Gasteiger partial charge on any atom is -0.432 e. The Balaban J connectivity index is 1.89. The molecule has 1 aliphatic rings. The zero-order valence-corrected chi connectivity index (χ0v) is 11.0. The Morgan fingerprint density at radius 2 is 1.60 bits per heavy atom. The van der Waals surface area contributed by atoms with Gasteiger partial charge in [-0.15, -0.1) is 0 Å². The fourth-order valence-corrected chi connectivity index (χ4v) is 2.32. The molecule has 0 aromatic heterocycles. The maximum Gasteiger partial charge on any atom is 0.356 e. The van der Waals surface area contributed by atoms with E-state index in [4.69, 9.17) is 4.74 Å². The number of nitrogens with zero attached hydrogens (tertiary/aromatic N) is 1. The summed E-state index contributed by atoms with van der Waals surface area (Å²) in [5.74, 6) is -0.352. The molecule has 2 aromatic rings. The fraction of sp³-hybridized carbons (Fsp3) is 0.118. The van der Waals surface area contributed by atoms with E-state index in [0.29, 0.717) is 12.2 Å². The van der Waals surface area contributed by atoms with Crippen molar-refractivity contribution < 1.29 is 9.53 Å². The summed E-state index contributed by atoms with van der Waals surface area (Å²) < 4.78 is 5.43. The van der Waals surface area contributed by atoms with Crippen LogP contribution in [0.25, 0.3) is 0 Å². The largest absolute Gasteiger partial charge is 0.432 e. The van der Waals surface area contributed by atoms with Crippen molar-refractivity contribution in [2.75, 3.05) is 0 Å². The molecule has 0 saturated carbocycles. The topological polar surface area (TPSA) is 29.5 Å². The van der Waals surface area contributed by atoms with Gasteiger partial charge in [0, 0.05) is 12.1 Å². The lowest BCUT2D eigenvalue weighted by atomic mass is 10.1. The lowest BCUT2D eigenvalue weighted by molar-refractivity contribution is -0.140. The first-order chi connectivity index (χ1) is 9.75. The highest BCUT2D eigenvalue weighted by molar-refractivity contribution is 5.89. The molecule has 0 bridgehead atoms. The lowest BCUT2D eigenvalue weighted by Gasteiger charge is -2.24. The molecule has 0 spiro atoms. The first-order valence-electron chi connectivity index (χ1n) is 6.51. The van der Waals surface area contributed by atoms with E-state index in [0.717, 1.165) is 11.1 Å². The van der Waals surface area contributed by atoms with E-state index in [1.165, 1.54) is 0 Å². The van der Waals surface area contributed by atoms with Crippen LogP contribution in [0.5, 0.6) is 0 Å². The van der Waals surface area contributed by atoms with Gasteiger partial charge in [0.15, 0.2) is 0 Å². The van der Waals surface area contributed by atoms with E-state index < -0.39 is 6.23 Å². The second kappa shape index (κ2) is 5.21. The first kappa shape index (κ1) is 12.5. The van der Waals surface area contributed by atoms with Crippen LogP contribution < -0.4 is 0 Å². The first-order valence-corrected chi connectivity index (χ1v) is 6.51. The number of carbonyl (C=O) groups excluding carboxylic acids is 1. The van der Waals surface area contributed by atoms with Crippen molar-refractivity contribution in [1.29, 1.82) is 0 Å². The summed E-state index contributed by atoms with van der Waals surface area (Å²) in [6.07, 6.45) is -0.392. The Morgan fingerprint density at radius 3 is 2.25 bits per heavy atom. The van der Waals surface area contributed by atoms with Crippen LogP contribution in [0.4, 0.5) is 0 Å². The normalized spacial score (nSPS) is 18.2. The highest BCUT2D eigenvalue weighted by Crippen LogP contribution is 2.34. The lowest BCUT2D eigenvalue weighted by Crippen LogP contribution is -2.22. The standard InChI is InChI=1S/C17H15NO2/c1-13-17(19)20-16(15-10-6-3-7-11-15)18(13)12-14-8-4-2-5-9-14/h2-11,16H,1,12H2/t16-/m1/s1. The fourth-order valence-electron chi connectivity index (χ4n) is 2.32. The number of benzene rings is 2. The minimum absolute atomic E-state index is 0.352. The number of cyclic esters (lactones) is 1. The molecule has 0 aliphatic carbocycles. The molecular formula is C17H15NO2. The zero-order valence-electron chi connectivity index (χ0n) is 11.0. The van der Waals surface area contributed by atoms with Crippen molar-refractivity contribution in [2.45, 2.75) is 12.8 Å². The molecule has 0 N–H and O–H groups in total.